The van der Waals surface area contributed by atoms with E-state index in [2.05, 4.69) is 21.6 Å². The van der Waals surface area contributed by atoms with Crippen LogP contribution in [-0.4, -0.2) is 31.5 Å². The molecule has 0 fully saturated rings. The van der Waals surface area contributed by atoms with Gasteiger partial charge in [-0.25, -0.2) is 0 Å². The number of furan rings is 1. The molecule has 2 atom stereocenters. The van der Waals surface area contributed by atoms with Crippen molar-refractivity contribution in [2.75, 3.05) is 0 Å². The van der Waals surface area contributed by atoms with E-state index < -0.39 is 10.8 Å². The Morgan fingerprint density at radius 1 is 1.29 bits per heavy atom. The second-order valence-electron chi connectivity index (χ2n) is 7.70. The summed E-state index contributed by atoms with van der Waals surface area (Å²) < 4.78 is 7.41. The van der Waals surface area contributed by atoms with Crippen LogP contribution in [0.3, 0.4) is 0 Å². The third-order valence-corrected chi connectivity index (χ3v) is 6.47. The Morgan fingerprint density at radius 3 is 2.58 bits per heavy atom. The Labute approximate surface area is 190 Å². The highest BCUT2D eigenvalue weighted by molar-refractivity contribution is 8.00. The smallest absolute Gasteiger partial charge is 0.234 e. The van der Waals surface area contributed by atoms with Crippen LogP contribution in [0.5, 0.6) is 0 Å². The Balaban J connectivity index is 1.87. The van der Waals surface area contributed by atoms with Gasteiger partial charge < -0.3 is 9.73 Å². The van der Waals surface area contributed by atoms with Gasteiger partial charge in [0.2, 0.25) is 5.91 Å². The molecule has 0 saturated heterocycles. The lowest BCUT2D eigenvalue weighted by molar-refractivity contribution is -0.121. The molecule has 0 saturated carbocycles. The molecule has 1 amide bonds. The molecular formula is C22H24ClN5O2S. The lowest BCUT2D eigenvalue weighted by Gasteiger charge is -2.28. The van der Waals surface area contributed by atoms with Gasteiger partial charge in [0.1, 0.15) is 11.3 Å². The van der Waals surface area contributed by atoms with Gasteiger partial charge >= 0.3 is 0 Å². The van der Waals surface area contributed by atoms with Crippen molar-refractivity contribution in [3.05, 3.63) is 53.4 Å². The van der Waals surface area contributed by atoms with Crippen LogP contribution in [0, 0.1) is 17.2 Å². The normalized spacial score (nSPS) is 14.1. The van der Waals surface area contributed by atoms with Gasteiger partial charge in [-0.1, -0.05) is 37.2 Å². The van der Waals surface area contributed by atoms with Crippen LogP contribution in [-0.2, 0) is 11.3 Å². The summed E-state index contributed by atoms with van der Waals surface area (Å²) in [6.45, 7) is 7.73. The zero-order valence-electron chi connectivity index (χ0n) is 17.8. The van der Waals surface area contributed by atoms with E-state index in [9.17, 15) is 10.1 Å². The number of thioether (sulfide) groups is 1. The average molecular weight is 458 g/mol. The Morgan fingerprint density at radius 2 is 2.00 bits per heavy atom. The lowest BCUT2D eigenvalue weighted by atomic mass is 9.90. The topological polar surface area (TPSA) is 96.7 Å². The number of nitrogens with one attached hydrogen (secondary N) is 1. The van der Waals surface area contributed by atoms with Crippen LogP contribution in [0.2, 0.25) is 5.02 Å². The quantitative estimate of drug-likeness (QED) is 0.489. The van der Waals surface area contributed by atoms with E-state index in [4.69, 9.17) is 16.0 Å². The molecule has 31 heavy (non-hydrogen) atoms. The van der Waals surface area contributed by atoms with Crippen molar-refractivity contribution < 1.29 is 9.21 Å². The number of nitriles is 1. The van der Waals surface area contributed by atoms with Crippen LogP contribution >= 0.6 is 23.4 Å². The van der Waals surface area contributed by atoms with Crippen molar-refractivity contribution >= 4 is 29.3 Å². The second-order valence-corrected chi connectivity index (χ2v) is 9.44. The zero-order valence-corrected chi connectivity index (χ0v) is 19.4. The molecule has 0 radical (unpaired) electrons. The number of hydrogen-bond acceptors (Lipinski definition) is 6. The Bertz CT molecular complexity index is 1070. The Hall–Kier alpha value is -2.76. The predicted molar refractivity (Wildman–Crippen MR) is 121 cm³/mol. The van der Waals surface area contributed by atoms with Crippen LogP contribution < -0.4 is 5.32 Å². The third kappa shape index (κ3) is 5.30. The molecule has 3 aromatic rings. The maximum Gasteiger partial charge on any atom is 0.234 e. The average Bonchev–Trinajstić information content (AvgIpc) is 3.39. The van der Waals surface area contributed by atoms with E-state index in [0.717, 1.165) is 11.3 Å². The number of hydrogen-bond donors (Lipinski definition) is 1. The summed E-state index contributed by atoms with van der Waals surface area (Å²) in [5.74, 6) is 1.12. The molecule has 0 bridgehead atoms. The summed E-state index contributed by atoms with van der Waals surface area (Å²) in [6.07, 6.45) is 1.61. The number of amides is 1. The summed E-state index contributed by atoms with van der Waals surface area (Å²) >= 11 is 7.30. The van der Waals surface area contributed by atoms with Crippen molar-refractivity contribution in [2.24, 2.45) is 5.92 Å². The molecule has 162 valence electrons. The number of aromatic nitrogens is 3. The molecule has 9 heteroatoms. The molecule has 0 aliphatic rings. The molecule has 1 aromatic carbocycles. The molecule has 0 aliphatic carbocycles. The lowest BCUT2D eigenvalue weighted by Crippen LogP contribution is -2.51. The monoisotopic (exact) mass is 457 g/mol. The van der Waals surface area contributed by atoms with Crippen molar-refractivity contribution in [1.29, 1.82) is 5.26 Å². The maximum absolute atomic E-state index is 12.8. The van der Waals surface area contributed by atoms with E-state index in [1.165, 1.54) is 11.8 Å². The minimum absolute atomic E-state index is 0.0298. The molecule has 3 rings (SSSR count). The molecule has 0 spiro atoms. The first-order valence-electron chi connectivity index (χ1n) is 9.85. The minimum Gasteiger partial charge on any atom is -0.467 e. The number of carbonyl (C=O) groups is 1. The van der Waals surface area contributed by atoms with Gasteiger partial charge in [0.25, 0.3) is 0 Å². The van der Waals surface area contributed by atoms with E-state index in [1.807, 2.05) is 42.7 Å². The summed E-state index contributed by atoms with van der Waals surface area (Å²) in [4.78, 5) is 12.8. The molecule has 2 aromatic heterocycles. The van der Waals surface area contributed by atoms with Crippen LogP contribution in [0.4, 0.5) is 0 Å². The van der Waals surface area contributed by atoms with Crippen LogP contribution in [0.25, 0.3) is 11.4 Å². The highest BCUT2D eigenvalue weighted by Crippen LogP contribution is 2.29. The molecule has 2 unspecified atom stereocenters. The van der Waals surface area contributed by atoms with E-state index in [0.29, 0.717) is 22.5 Å². The standard InChI is InChI=1S/C22H24ClN5O2S/c1-14(2)22(4,13-24)25-20(29)15(3)31-21-27-26-19(16-7-9-17(23)10-8-16)28(21)12-18-6-5-11-30-18/h5-11,14-15H,12H2,1-4H3,(H,25,29). The SMILES string of the molecule is CC(Sc1nnc(-c2ccc(Cl)cc2)n1Cc1ccco1)C(=O)NC(C)(C#N)C(C)C. The minimum atomic E-state index is -0.942. The molecular weight excluding hydrogens is 434 g/mol. The van der Waals surface area contributed by atoms with Crippen molar-refractivity contribution in [2.45, 2.75) is 50.2 Å². The van der Waals surface area contributed by atoms with E-state index in [1.54, 1.807) is 32.2 Å². The number of rotatable bonds is 8. The predicted octanol–water partition coefficient (Wildman–Crippen LogP) is 4.77. The van der Waals surface area contributed by atoms with Crippen molar-refractivity contribution in [3.63, 3.8) is 0 Å². The van der Waals surface area contributed by atoms with E-state index in [-0.39, 0.29) is 11.8 Å². The first-order chi connectivity index (χ1) is 14.7. The summed E-state index contributed by atoms with van der Waals surface area (Å²) in [5, 5.41) is 21.8. The largest absolute Gasteiger partial charge is 0.467 e. The molecule has 1 N–H and O–H groups in total. The van der Waals surface area contributed by atoms with Crippen molar-refractivity contribution in [1.82, 2.24) is 20.1 Å². The van der Waals surface area contributed by atoms with Gasteiger partial charge in [-0.2, -0.15) is 5.26 Å². The first kappa shape index (κ1) is 22.9. The van der Waals surface area contributed by atoms with Crippen LogP contribution in [0.15, 0.2) is 52.2 Å². The first-order valence-corrected chi connectivity index (χ1v) is 11.1. The van der Waals surface area contributed by atoms with Gasteiger partial charge in [-0.3, -0.25) is 9.36 Å². The Kier molecular flexibility index (Phi) is 7.08. The zero-order chi connectivity index (χ0) is 22.6. The van der Waals surface area contributed by atoms with Gasteiger partial charge in [-0.05, 0) is 56.2 Å². The highest BCUT2D eigenvalue weighted by atomic mass is 35.5. The van der Waals surface area contributed by atoms with Gasteiger partial charge in [-0.15, -0.1) is 10.2 Å². The van der Waals surface area contributed by atoms with Crippen molar-refractivity contribution in [3.8, 4) is 17.5 Å². The fourth-order valence-electron chi connectivity index (χ4n) is 2.76. The van der Waals surface area contributed by atoms with Gasteiger partial charge in [0, 0.05) is 10.6 Å². The summed E-state index contributed by atoms with van der Waals surface area (Å²) in [5.41, 5.74) is -0.0911. The van der Waals surface area contributed by atoms with Gasteiger partial charge in [0.05, 0.1) is 24.1 Å². The summed E-state index contributed by atoms with van der Waals surface area (Å²) in [6, 6.07) is 13.2. The highest BCUT2D eigenvalue weighted by Gasteiger charge is 2.32. The number of carbonyl (C=O) groups excluding carboxylic acids is 1. The second kappa shape index (κ2) is 9.58. The number of nitrogens with zero attached hydrogens (tertiary/aromatic N) is 4. The van der Waals surface area contributed by atoms with Crippen LogP contribution in [0.1, 0.15) is 33.5 Å². The van der Waals surface area contributed by atoms with Gasteiger partial charge in [0.15, 0.2) is 11.0 Å². The maximum atomic E-state index is 12.8. The third-order valence-electron chi connectivity index (χ3n) is 5.13. The fraction of sp³-hybridized carbons (Fsp3) is 0.364. The molecule has 7 nitrogen and oxygen atoms in total. The molecule has 0 aliphatic heterocycles. The number of benzene rings is 1. The number of halogens is 1. The van der Waals surface area contributed by atoms with E-state index >= 15 is 0 Å². The summed E-state index contributed by atoms with van der Waals surface area (Å²) in [7, 11) is 0. The fourth-order valence-corrected chi connectivity index (χ4v) is 3.73. The molecule has 2 heterocycles.